The van der Waals surface area contributed by atoms with Crippen LogP contribution in [0.5, 0.6) is 11.5 Å². The molecule has 0 saturated carbocycles. The SMILES string of the molecule is CCOc1cc(C[NH2+]CCc2cccc(F)c2)ccc1OC. The highest BCUT2D eigenvalue weighted by Gasteiger charge is 2.06. The van der Waals surface area contributed by atoms with Crippen LogP contribution in [0.25, 0.3) is 0 Å². The molecule has 0 unspecified atom stereocenters. The van der Waals surface area contributed by atoms with Gasteiger partial charge in [-0.2, -0.15) is 0 Å². The standard InChI is InChI=1S/C18H22FNO2/c1-3-22-18-12-15(7-8-17(18)21-2)13-20-10-9-14-5-4-6-16(19)11-14/h4-8,11-12,20H,3,9-10,13H2,1-2H3/p+1. The molecule has 0 amide bonds. The lowest BCUT2D eigenvalue weighted by molar-refractivity contribution is -0.670. The quantitative estimate of drug-likeness (QED) is 0.761. The molecule has 0 aromatic heterocycles. The van der Waals surface area contributed by atoms with Gasteiger partial charge in [0, 0.05) is 12.0 Å². The predicted octanol–water partition coefficient (Wildman–Crippen LogP) is 2.54. The van der Waals surface area contributed by atoms with E-state index in [1.165, 1.54) is 11.6 Å². The molecule has 2 aromatic rings. The van der Waals surface area contributed by atoms with E-state index in [2.05, 4.69) is 5.32 Å². The van der Waals surface area contributed by atoms with Crippen molar-refractivity contribution in [1.29, 1.82) is 0 Å². The maximum atomic E-state index is 13.1. The molecule has 0 heterocycles. The molecule has 0 spiro atoms. The highest BCUT2D eigenvalue weighted by molar-refractivity contribution is 5.42. The average Bonchev–Trinajstić information content (AvgIpc) is 2.52. The Hall–Kier alpha value is -2.07. The summed E-state index contributed by atoms with van der Waals surface area (Å²) in [6, 6.07) is 12.8. The van der Waals surface area contributed by atoms with Gasteiger partial charge in [-0.15, -0.1) is 0 Å². The molecule has 0 fully saturated rings. The average molecular weight is 304 g/mol. The van der Waals surface area contributed by atoms with Crippen LogP contribution in [0.2, 0.25) is 0 Å². The van der Waals surface area contributed by atoms with Gasteiger partial charge in [-0.1, -0.05) is 12.1 Å². The Bertz CT molecular complexity index is 601. The molecule has 118 valence electrons. The minimum Gasteiger partial charge on any atom is -0.493 e. The lowest BCUT2D eigenvalue weighted by Crippen LogP contribution is -2.83. The molecular weight excluding hydrogens is 281 g/mol. The predicted molar refractivity (Wildman–Crippen MR) is 84.8 cm³/mol. The molecule has 2 N–H and O–H groups in total. The molecule has 0 radical (unpaired) electrons. The minimum atomic E-state index is -0.172. The zero-order valence-electron chi connectivity index (χ0n) is 13.1. The second-order valence-electron chi connectivity index (χ2n) is 5.08. The van der Waals surface area contributed by atoms with Gasteiger partial charge in [0.25, 0.3) is 0 Å². The highest BCUT2D eigenvalue weighted by atomic mass is 19.1. The van der Waals surface area contributed by atoms with Crippen LogP contribution >= 0.6 is 0 Å². The Morgan fingerprint density at radius 1 is 1.05 bits per heavy atom. The summed E-state index contributed by atoms with van der Waals surface area (Å²) in [5.41, 5.74) is 2.21. The van der Waals surface area contributed by atoms with E-state index >= 15 is 0 Å². The van der Waals surface area contributed by atoms with Crippen LogP contribution in [0.4, 0.5) is 4.39 Å². The summed E-state index contributed by atoms with van der Waals surface area (Å²) in [7, 11) is 1.64. The number of benzene rings is 2. The van der Waals surface area contributed by atoms with Crippen LogP contribution in [0, 0.1) is 5.82 Å². The van der Waals surface area contributed by atoms with Crippen LogP contribution < -0.4 is 14.8 Å². The number of methoxy groups -OCH3 is 1. The van der Waals surface area contributed by atoms with E-state index in [1.807, 2.05) is 31.2 Å². The van der Waals surface area contributed by atoms with Gasteiger partial charge in [0.2, 0.25) is 0 Å². The van der Waals surface area contributed by atoms with Crippen molar-refractivity contribution >= 4 is 0 Å². The van der Waals surface area contributed by atoms with Gasteiger partial charge in [0.15, 0.2) is 11.5 Å². The van der Waals surface area contributed by atoms with Crippen molar-refractivity contribution in [3.8, 4) is 11.5 Å². The van der Waals surface area contributed by atoms with E-state index in [1.54, 1.807) is 19.2 Å². The van der Waals surface area contributed by atoms with E-state index in [0.717, 1.165) is 36.6 Å². The topological polar surface area (TPSA) is 35.1 Å². The monoisotopic (exact) mass is 304 g/mol. The number of ether oxygens (including phenoxy) is 2. The van der Waals surface area contributed by atoms with Crippen molar-refractivity contribution in [3.05, 3.63) is 59.4 Å². The van der Waals surface area contributed by atoms with E-state index < -0.39 is 0 Å². The van der Waals surface area contributed by atoms with Crippen LogP contribution in [-0.4, -0.2) is 20.3 Å². The van der Waals surface area contributed by atoms with E-state index in [9.17, 15) is 4.39 Å². The zero-order valence-corrected chi connectivity index (χ0v) is 13.1. The lowest BCUT2D eigenvalue weighted by Gasteiger charge is -2.10. The van der Waals surface area contributed by atoms with Crippen LogP contribution in [-0.2, 0) is 13.0 Å². The van der Waals surface area contributed by atoms with Gasteiger partial charge in [-0.05, 0) is 42.8 Å². The van der Waals surface area contributed by atoms with Crippen LogP contribution in [0.15, 0.2) is 42.5 Å². The summed E-state index contributed by atoms with van der Waals surface area (Å²) < 4.78 is 23.9. The fourth-order valence-corrected chi connectivity index (χ4v) is 2.35. The summed E-state index contributed by atoms with van der Waals surface area (Å²) in [5.74, 6) is 1.36. The summed E-state index contributed by atoms with van der Waals surface area (Å²) in [4.78, 5) is 0. The third-order valence-electron chi connectivity index (χ3n) is 3.43. The normalized spacial score (nSPS) is 10.5. The molecular formula is C18H23FNO2+. The summed E-state index contributed by atoms with van der Waals surface area (Å²) in [6.45, 7) is 4.35. The van der Waals surface area contributed by atoms with Crippen molar-refractivity contribution < 1.29 is 19.2 Å². The molecule has 0 bridgehead atoms. The van der Waals surface area contributed by atoms with Crippen molar-refractivity contribution in [1.82, 2.24) is 0 Å². The van der Waals surface area contributed by atoms with Gasteiger partial charge in [0.1, 0.15) is 12.4 Å². The summed E-state index contributed by atoms with van der Waals surface area (Å²) >= 11 is 0. The van der Waals surface area contributed by atoms with Gasteiger partial charge in [-0.25, -0.2) is 4.39 Å². The Morgan fingerprint density at radius 3 is 2.64 bits per heavy atom. The largest absolute Gasteiger partial charge is 0.493 e. The molecule has 4 heteroatoms. The molecule has 2 rings (SSSR count). The number of hydrogen-bond donors (Lipinski definition) is 1. The highest BCUT2D eigenvalue weighted by Crippen LogP contribution is 2.27. The molecule has 2 aromatic carbocycles. The first-order chi connectivity index (χ1) is 10.7. The second kappa shape index (κ2) is 8.39. The van der Waals surface area contributed by atoms with Crippen molar-refractivity contribution in [3.63, 3.8) is 0 Å². The first kappa shape index (κ1) is 16.3. The number of nitrogens with two attached hydrogens (primary N) is 1. The fraction of sp³-hybridized carbons (Fsp3) is 0.333. The van der Waals surface area contributed by atoms with Gasteiger partial charge in [-0.3, -0.25) is 0 Å². The molecule has 22 heavy (non-hydrogen) atoms. The van der Waals surface area contributed by atoms with Crippen molar-refractivity contribution in [2.75, 3.05) is 20.3 Å². The summed E-state index contributed by atoms with van der Waals surface area (Å²) in [6.07, 6.45) is 0.853. The summed E-state index contributed by atoms with van der Waals surface area (Å²) in [5, 5.41) is 2.21. The molecule has 0 atom stereocenters. The first-order valence-corrected chi connectivity index (χ1v) is 7.58. The number of hydrogen-bond acceptors (Lipinski definition) is 2. The van der Waals surface area contributed by atoms with E-state index in [4.69, 9.17) is 9.47 Å². The second-order valence-corrected chi connectivity index (χ2v) is 5.08. The lowest BCUT2D eigenvalue weighted by atomic mass is 10.1. The van der Waals surface area contributed by atoms with E-state index in [0.29, 0.717) is 6.61 Å². The molecule has 0 saturated heterocycles. The number of halogens is 1. The smallest absolute Gasteiger partial charge is 0.161 e. The third kappa shape index (κ3) is 4.74. The fourth-order valence-electron chi connectivity index (χ4n) is 2.35. The van der Waals surface area contributed by atoms with Crippen molar-refractivity contribution in [2.45, 2.75) is 19.9 Å². The first-order valence-electron chi connectivity index (χ1n) is 7.58. The van der Waals surface area contributed by atoms with Gasteiger partial charge < -0.3 is 14.8 Å². The Kier molecular flexibility index (Phi) is 6.22. The molecule has 0 aliphatic rings. The number of rotatable bonds is 8. The van der Waals surface area contributed by atoms with Crippen LogP contribution in [0.1, 0.15) is 18.1 Å². The Labute approximate surface area is 131 Å². The zero-order chi connectivity index (χ0) is 15.8. The van der Waals surface area contributed by atoms with Crippen LogP contribution in [0.3, 0.4) is 0 Å². The third-order valence-corrected chi connectivity index (χ3v) is 3.43. The number of quaternary nitrogens is 1. The van der Waals surface area contributed by atoms with Crippen molar-refractivity contribution in [2.24, 2.45) is 0 Å². The van der Waals surface area contributed by atoms with E-state index in [-0.39, 0.29) is 5.82 Å². The maximum absolute atomic E-state index is 13.1. The Balaban J connectivity index is 1.85. The maximum Gasteiger partial charge on any atom is 0.161 e. The van der Waals surface area contributed by atoms with Gasteiger partial charge >= 0.3 is 0 Å². The minimum absolute atomic E-state index is 0.172. The molecule has 0 aliphatic carbocycles. The molecule has 0 aliphatic heterocycles. The van der Waals surface area contributed by atoms with Gasteiger partial charge in [0.05, 0.1) is 20.3 Å². The Morgan fingerprint density at radius 2 is 1.91 bits per heavy atom. The molecule has 3 nitrogen and oxygen atoms in total.